The van der Waals surface area contributed by atoms with Crippen LogP contribution in [0.1, 0.15) is 56.6 Å². The van der Waals surface area contributed by atoms with Crippen molar-refractivity contribution in [3.05, 3.63) is 59.7 Å². The summed E-state index contributed by atoms with van der Waals surface area (Å²) in [5, 5.41) is 12.3. The van der Waals surface area contributed by atoms with E-state index in [1.807, 2.05) is 38.1 Å². The van der Waals surface area contributed by atoms with Crippen LogP contribution in [0.5, 0.6) is 0 Å². The number of hydrogen-bond acceptors (Lipinski definition) is 4. The minimum absolute atomic E-state index is 0.0195. The first-order valence-corrected chi connectivity index (χ1v) is 12.5. The highest BCUT2D eigenvalue weighted by Gasteiger charge is 2.54. The van der Waals surface area contributed by atoms with Gasteiger partial charge in [0.05, 0.1) is 11.3 Å². The number of nitrogens with one attached hydrogen (secondary N) is 1. The molecule has 35 heavy (non-hydrogen) atoms. The maximum absolute atomic E-state index is 13.5. The number of hydrogen-bond donors (Lipinski definition) is 2. The summed E-state index contributed by atoms with van der Waals surface area (Å²) in [5.41, 5.74) is 3.81. The first-order valence-electron chi connectivity index (χ1n) is 12.5. The second-order valence-corrected chi connectivity index (χ2v) is 10.3. The largest absolute Gasteiger partial charge is 0.481 e. The van der Waals surface area contributed by atoms with E-state index < -0.39 is 23.4 Å². The number of carbonyl (C=O) groups excluding carboxylic acids is 2. The molecule has 2 N–H and O–H groups in total. The summed E-state index contributed by atoms with van der Waals surface area (Å²) >= 11 is 0. The first kappa shape index (κ1) is 23.4. The Morgan fingerprint density at radius 1 is 1.06 bits per heavy atom. The summed E-state index contributed by atoms with van der Waals surface area (Å²) in [7, 11) is 0. The van der Waals surface area contributed by atoms with Gasteiger partial charge in [-0.25, -0.2) is 4.79 Å². The van der Waals surface area contributed by atoms with Crippen LogP contribution in [0.15, 0.2) is 48.5 Å². The van der Waals surface area contributed by atoms with Gasteiger partial charge in [0, 0.05) is 24.5 Å². The highest BCUT2D eigenvalue weighted by atomic mass is 16.5. The summed E-state index contributed by atoms with van der Waals surface area (Å²) in [4.78, 5) is 39.6. The Morgan fingerprint density at radius 3 is 2.26 bits per heavy atom. The molecule has 4 atom stereocenters. The van der Waals surface area contributed by atoms with E-state index in [9.17, 15) is 19.5 Å². The average molecular weight is 477 g/mol. The van der Waals surface area contributed by atoms with Crippen molar-refractivity contribution in [2.45, 2.75) is 57.5 Å². The van der Waals surface area contributed by atoms with Gasteiger partial charge in [-0.1, -0.05) is 55.5 Å². The number of alkyl carbamates (subject to hydrolysis) is 1. The van der Waals surface area contributed by atoms with Gasteiger partial charge in [0.2, 0.25) is 5.91 Å². The number of carbonyl (C=O) groups is 3. The molecule has 4 unspecified atom stereocenters. The Hall–Kier alpha value is -3.35. The van der Waals surface area contributed by atoms with Gasteiger partial charge in [-0.05, 0) is 54.9 Å². The van der Waals surface area contributed by atoms with E-state index in [0.717, 1.165) is 24.0 Å². The Morgan fingerprint density at radius 2 is 1.69 bits per heavy atom. The molecule has 2 heterocycles. The monoisotopic (exact) mass is 476 g/mol. The zero-order valence-corrected chi connectivity index (χ0v) is 20.2. The summed E-state index contributed by atoms with van der Waals surface area (Å²) in [6.07, 6.45) is 2.08. The van der Waals surface area contributed by atoms with Crippen molar-refractivity contribution in [1.82, 2.24) is 10.2 Å². The van der Waals surface area contributed by atoms with Crippen LogP contribution < -0.4 is 5.32 Å². The number of rotatable bonds is 7. The molecule has 2 aromatic carbocycles. The Balaban J connectivity index is 1.22. The molecule has 7 nitrogen and oxygen atoms in total. The number of benzene rings is 2. The van der Waals surface area contributed by atoms with E-state index in [1.165, 1.54) is 11.1 Å². The van der Waals surface area contributed by atoms with Crippen LogP contribution in [0.25, 0.3) is 11.1 Å². The van der Waals surface area contributed by atoms with Crippen LogP contribution in [0.2, 0.25) is 0 Å². The Kier molecular flexibility index (Phi) is 6.03. The average Bonchev–Trinajstić information content (AvgIpc) is 3.55. The third kappa shape index (κ3) is 3.97. The number of amides is 2. The minimum atomic E-state index is -0.829. The molecule has 5 rings (SSSR count). The molecule has 0 saturated carbocycles. The van der Waals surface area contributed by atoms with E-state index in [4.69, 9.17) is 4.74 Å². The maximum Gasteiger partial charge on any atom is 0.407 e. The highest BCUT2D eigenvalue weighted by Crippen LogP contribution is 2.45. The van der Waals surface area contributed by atoms with Crippen LogP contribution in [0.4, 0.5) is 4.79 Å². The second-order valence-electron chi connectivity index (χ2n) is 10.3. The zero-order chi connectivity index (χ0) is 24.7. The molecule has 3 aliphatic rings. The molecule has 2 aliphatic heterocycles. The lowest BCUT2D eigenvalue weighted by molar-refractivity contribution is -0.145. The van der Waals surface area contributed by atoms with Gasteiger partial charge in [-0.3, -0.25) is 9.59 Å². The van der Waals surface area contributed by atoms with Crippen molar-refractivity contribution in [1.29, 1.82) is 0 Å². The van der Waals surface area contributed by atoms with E-state index in [-0.39, 0.29) is 37.1 Å². The van der Waals surface area contributed by atoms with Crippen molar-refractivity contribution in [3.63, 3.8) is 0 Å². The minimum Gasteiger partial charge on any atom is -0.481 e. The topological polar surface area (TPSA) is 95.9 Å². The molecule has 0 spiro atoms. The summed E-state index contributed by atoms with van der Waals surface area (Å²) in [5.74, 6) is -1.42. The third-order valence-electron chi connectivity index (χ3n) is 8.35. The van der Waals surface area contributed by atoms with Crippen LogP contribution in [0, 0.1) is 11.3 Å². The van der Waals surface area contributed by atoms with Crippen LogP contribution in [-0.2, 0) is 14.3 Å². The number of ether oxygens (including phenoxy) is 1. The first-order chi connectivity index (χ1) is 16.8. The van der Waals surface area contributed by atoms with Gasteiger partial charge >= 0.3 is 12.1 Å². The van der Waals surface area contributed by atoms with E-state index in [1.54, 1.807) is 4.90 Å². The van der Waals surface area contributed by atoms with Crippen LogP contribution in [-0.4, -0.2) is 53.2 Å². The van der Waals surface area contributed by atoms with E-state index >= 15 is 0 Å². The van der Waals surface area contributed by atoms with Gasteiger partial charge in [-0.2, -0.15) is 0 Å². The predicted octanol–water partition coefficient (Wildman–Crippen LogP) is 4.41. The molecule has 2 saturated heterocycles. The SMILES string of the molecule is CCC(C)(CNC(=O)OCC1c2ccccc2-c2ccccc21)C(=O)N1C2CCC1C(C(=O)O)C2. The number of nitrogens with zero attached hydrogens (tertiary/aromatic N) is 1. The molecule has 184 valence electrons. The predicted molar refractivity (Wildman–Crippen MR) is 131 cm³/mol. The fourth-order valence-electron chi connectivity index (χ4n) is 6.15. The molecule has 1 aliphatic carbocycles. The second kappa shape index (κ2) is 9.02. The summed E-state index contributed by atoms with van der Waals surface area (Å²) in [6, 6.07) is 16.1. The lowest BCUT2D eigenvalue weighted by atomic mass is 9.85. The van der Waals surface area contributed by atoms with Gasteiger partial charge in [-0.15, -0.1) is 0 Å². The molecular formula is C28H32N2O5. The molecule has 2 fully saturated rings. The molecule has 7 heteroatoms. The summed E-state index contributed by atoms with van der Waals surface area (Å²) in [6.45, 7) is 4.12. The number of carboxylic acid groups (broad SMARTS) is 1. The number of fused-ring (bicyclic) bond motifs is 5. The normalized spacial score (nSPS) is 23.9. The molecule has 2 bridgehead atoms. The van der Waals surface area contributed by atoms with Crippen LogP contribution >= 0.6 is 0 Å². The third-order valence-corrected chi connectivity index (χ3v) is 8.35. The van der Waals surface area contributed by atoms with Crippen LogP contribution in [0.3, 0.4) is 0 Å². The van der Waals surface area contributed by atoms with Crippen molar-refractivity contribution in [2.24, 2.45) is 11.3 Å². The fourth-order valence-corrected chi connectivity index (χ4v) is 6.15. The zero-order valence-electron chi connectivity index (χ0n) is 20.2. The Bertz CT molecular complexity index is 1120. The molecular weight excluding hydrogens is 444 g/mol. The Labute approximate surface area is 205 Å². The number of aliphatic carboxylic acids is 1. The maximum atomic E-state index is 13.5. The molecule has 2 aromatic rings. The van der Waals surface area contributed by atoms with E-state index in [2.05, 4.69) is 29.6 Å². The van der Waals surface area contributed by atoms with E-state index in [0.29, 0.717) is 12.8 Å². The van der Waals surface area contributed by atoms with Crippen molar-refractivity contribution >= 4 is 18.0 Å². The molecule has 0 radical (unpaired) electrons. The lowest BCUT2D eigenvalue weighted by Crippen LogP contribution is -2.50. The fraction of sp³-hybridized carbons (Fsp3) is 0.464. The molecule has 2 amide bonds. The van der Waals surface area contributed by atoms with Crippen molar-refractivity contribution in [2.75, 3.05) is 13.2 Å². The van der Waals surface area contributed by atoms with Gasteiger partial charge in [0.25, 0.3) is 0 Å². The quantitative estimate of drug-likeness (QED) is 0.617. The van der Waals surface area contributed by atoms with Gasteiger partial charge < -0.3 is 20.1 Å². The molecule has 0 aromatic heterocycles. The number of carboxylic acids is 1. The van der Waals surface area contributed by atoms with Gasteiger partial charge in [0.15, 0.2) is 0 Å². The van der Waals surface area contributed by atoms with Gasteiger partial charge in [0.1, 0.15) is 6.61 Å². The highest BCUT2D eigenvalue weighted by molar-refractivity contribution is 5.86. The van der Waals surface area contributed by atoms with Crippen molar-refractivity contribution in [3.8, 4) is 11.1 Å². The lowest BCUT2D eigenvalue weighted by Gasteiger charge is -2.34. The standard InChI is InChI=1S/C28H32N2O5/c1-3-28(2,26(33)30-17-12-13-24(30)22(14-17)25(31)32)16-29-27(34)35-15-23-20-10-6-4-8-18(20)19-9-5-7-11-21(19)23/h4-11,17,22-24H,3,12-16H2,1-2H3,(H,29,34)(H,31,32). The smallest absolute Gasteiger partial charge is 0.407 e. The van der Waals surface area contributed by atoms with Crippen molar-refractivity contribution < 1.29 is 24.2 Å². The summed E-state index contributed by atoms with van der Waals surface area (Å²) < 4.78 is 5.64.